The quantitative estimate of drug-likeness (QED) is 0.614. The van der Waals surface area contributed by atoms with E-state index >= 15 is 0 Å². The van der Waals surface area contributed by atoms with E-state index in [0.717, 1.165) is 5.56 Å². The van der Waals surface area contributed by atoms with Crippen LogP contribution in [0.15, 0.2) is 65.6 Å². The number of ketones is 1. The van der Waals surface area contributed by atoms with Gasteiger partial charge in [-0.1, -0.05) is 24.3 Å². The number of carbonyl (C=O) groups is 1. The highest BCUT2D eigenvalue weighted by Gasteiger charge is 2.51. The number of carbonyl (C=O) groups excluding carboxylic acids is 1. The maximum absolute atomic E-state index is 14.6. The van der Waals surface area contributed by atoms with Gasteiger partial charge in [-0.05, 0) is 71.5 Å². The van der Waals surface area contributed by atoms with E-state index in [9.17, 15) is 17.6 Å². The van der Waals surface area contributed by atoms with Crippen LogP contribution in [0.2, 0.25) is 0 Å². The molecule has 8 heteroatoms. The number of nitrogens with two attached hydrogens (primary N) is 1. The number of primary sulfonamides is 1. The second kappa shape index (κ2) is 7.43. The summed E-state index contributed by atoms with van der Waals surface area (Å²) in [6, 6.07) is 16.0. The largest absolute Gasteiger partial charge is 0.454 e. The minimum atomic E-state index is -3.86. The summed E-state index contributed by atoms with van der Waals surface area (Å²) in [6.45, 7) is 0.157. The van der Waals surface area contributed by atoms with Crippen molar-refractivity contribution in [3.63, 3.8) is 0 Å². The average molecular weight is 453 g/mol. The number of hydrogen-bond donors (Lipinski definition) is 1. The van der Waals surface area contributed by atoms with E-state index in [4.69, 9.17) is 14.6 Å². The lowest BCUT2D eigenvalue weighted by molar-refractivity contribution is -0.120. The molecule has 0 saturated heterocycles. The third-order valence-corrected chi connectivity index (χ3v) is 7.01. The molecule has 0 spiro atoms. The van der Waals surface area contributed by atoms with Gasteiger partial charge in [0, 0.05) is 6.42 Å². The molecule has 32 heavy (non-hydrogen) atoms. The fourth-order valence-corrected chi connectivity index (χ4v) is 4.69. The SMILES string of the molecule is NS(=O)(=O)c1cccc(-c2ccc(F)c(CC(=O)C3(c4ccc5c(c4)OCO5)CC3)c2)c1. The molecule has 1 fully saturated rings. The minimum absolute atomic E-state index is 0.0308. The van der Waals surface area contributed by atoms with E-state index < -0.39 is 21.3 Å². The predicted molar refractivity (Wildman–Crippen MR) is 115 cm³/mol. The molecule has 2 aliphatic rings. The number of rotatable bonds is 6. The first-order valence-corrected chi connectivity index (χ1v) is 11.7. The lowest BCUT2D eigenvalue weighted by Gasteiger charge is -2.16. The summed E-state index contributed by atoms with van der Waals surface area (Å²) in [6.07, 6.45) is 1.33. The Labute approximate surface area is 184 Å². The Balaban J connectivity index is 1.43. The smallest absolute Gasteiger partial charge is 0.238 e. The summed E-state index contributed by atoms with van der Waals surface area (Å²) in [7, 11) is -3.86. The number of ether oxygens (including phenoxy) is 2. The second-order valence-electron chi connectivity index (χ2n) is 8.13. The number of sulfonamides is 1. The molecular formula is C24H20FNO5S. The molecule has 1 heterocycles. The Morgan fingerprint density at radius 1 is 0.969 bits per heavy atom. The highest BCUT2D eigenvalue weighted by molar-refractivity contribution is 7.89. The third kappa shape index (κ3) is 3.65. The summed E-state index contributed by atoms with van der Waals surface area (Å²) in [5.74, 6) is 0.721. The highest BCUT2D eigenvalue weighted by atomic mass is 32.2. The van der Waals surface area contributed by atoms with Crippen molar-refractivity contribution >= 4 is 15.8 Å². The fraction of sp³-hybridized carbons (Fsp3) is 0.208. The third-order valence-electron chi connectivity index (χ3n) is 6.10. The average Bonchev–Trinajstić information content (AvgIpc) is 3.45. The fourth-order valence-electron chi connectivity index (χ4n) is 4.13. The molecule has 0 unspecified atom stereocenters. The number of hydrogen-bond acceptors (Lipinski definition) is 5. The van der Waals surface area contributed by atoms with Crippen LogP contribution in [0.3, 0.4) is 0 Å². The van der Waals surface area contributed by atoms with Crippen LogP contribution >= 0.6 is 0 Å². The number of fused-ring (bicyclic) bond motifs is 1. The van der Waals surface area contributed by atoms with Crippen LogP contribution in [0.5, 0.6) is 11.5 Å². The van der Waals surface area contributed by atoms with Gasteiger partial charge in [0.25, 0.3) is 0 Å². The van der Waals surface area contributed by atoms with E-state index in [2.05, 4.69) is 0 Å². The van der Waals surface area contributed by atoms with Crippen molar-refractivity contribution in [3.05, 3.63) is 77.6 Å². The van der Waals surface area contributed by atoms with Gasteiger partial charge < -0.3 is 9.47 Å². The second-order valence-corrected chi connectivity index (χ2v) is 9.69. The summed E-state index contributed by atoms with van der Waals surface area (Å²) >= 11 is 0. The van der Waals surface area contributed by atoms with E-state index in [0.29, 0.717) is 35.5 Å². The van der Waals surface area contributed by atoms with Crippen LogP contribution in [-0.4, -0.2) is 21.0 Å². The first-order valence-electron chi connectivity index (χ1n) is 10.1. The van der Waals surface area contributed by atoms with Crippen molar-refractivity contribution < 1.29 is 27.1 Å². The lowest BCUT2D eigenvalue weighted by atomic mass is 9.87. The van der Waals surface area contributed by atoms with Crippen LogP contribution < -0.4 is 14.6 Å². The highest BCUT2D eigenvalue weighted by Crippen LogP contribution is 2.51. The molecule has 0 bridgehead atoms. The van der Waals surface area contributed by atoms with Gasteiger partial charge >= 0.3 is 0 Å². The van der Waals surface area contributed by atoms with Crippen molar-refractivity contribution in [1.82, 2.24) is 0 Å². The lowest BCUT2D eigenvalue weighted by Crippen LogP contribution is -2.23. The van der Waals surface area contributed by atoms with Gasteiger partial charge in [-0.3, -0.25) is 4.79 Å². The summed E-state index contributed by atoms with van der Waals surface area (Å²) < 4.78 is 48.7. The van der Waals surface area contributed by atoms with Crippen LogP contribution in [0.1, 0.15) is 24.0 Å². The topological polar surface area (TPSA) is 95.7 Å². The van der Waals surface area contributed by atoms with E-state index in [1.165, 1.54) is 18.2 Å². The first kappa shape index (κ1) is 20.7. The molecule has 3 aromatic carbocycles. The van der Waals surface area contributed by atoms with E-state index in [1.807, 2.05) is 12.1 Å². The van der Waals surface area contributed by atoms with Crippen LogP contribution in [0.4, 0.5) is 4.39 Å². The van der Waals surface area contributed by atoms with Crippen LogP contribution in [-0.2, 0) is 26.7 Å². The molecule has 0 atom stereocenters. The number of halogens is 1. The molecule has 0 amide bonds. The van der Waals surface area contributed by atoms with Gasteiger partial charge in [-0.2, -0.15) is 0 Å². The van der Waals surface area contributed by atoms with Gasteiger partial charge in [0.15, 0.2) is 11.5 Å². The molecule has 5 rings (SSSR count). The van der Waals surface area contributed by atoms with Crippen LogP contribution in [0, 0.1) is 5.82 Å². The molecule has 1 aliphatic heterocycles. The summed E-state index contributed by atoms with van der Waals surface area (Å²) in [5.41, 5.74) is 1.65. The normalized spacial score (nSPS) is 16.1. The number of Topliss-reactive ketones (excluding diaryl/α,β-unsaturated/α-hetero) is 1. The summed E-state index contributed by atoms with van der Waals surface area (Å²) in [4.78, 5) is 13.2. The van der Waals surface area contributed by atoms with Crippen LogP contribution in [0.25, 0.3) is 11.1 Å². The molecule has 6 nitrogen and oxygen atoms in total. The van der Waals surface area contributed by atoms with Gasteiger partial charge in [0.2, 0.25) is 16.8 Å². The van der Waals surface area contributed by atoms with Crippen molar-refractivity contribution in [3.8, 4) is 22.6 Å². The number of benzene rings is 3. The molecule has 0 aromatic heterocycles. The van der Waals surface area contributed by atoms with Crippen molar-refractivity contribution in [2.45, 2.75) is 29.6 Å². The Kier molecular flexibility index (Phi) is 4.79. The molecule has 2 N–H and O–H groups in total. The Morgan fingerprint density at radius 2 is 1.72 bits per heavy atom. The van der Waals surface area contributed by atoms with Gasteiger partial charge in [-0.15, -0.1) is 0 Å². The molecule has 1 aliphatic carbocycles. The Bertz CT molecular complexity index is 1350. The van der Waals surface area contributed by atoms with E-state index in [-0.39, 0.29) is 29.5 Å². The first-order chi connectivity index (χ1) is 15.3. The maximum Gasteiger partial charge on any atom is 0.238 e. The van der Waals surface area contributed by atoms with Gasteiger partial charge in [0.1, 0.15) is 11.6 Å². The van der Waals surface area contributed by atoms with Gasteiger partial charge in [0.05, 0.1) is 10.3 Å². The Morgan fingerprint density at radius 3 is 2.47 bits per heavy atom. The van der Waals surface area contributed by atoms with E-state index in [1.54, 1.807) is 30.3 Å². The zero-order chi connectivity index (χ0) is 22.5. The van der Waals surface area contributed by atoms with Crippen molar-refractivity contribution in [2.75, 3.05) is 6.79 Å². The van der Waals surface area contributed by atoms with Crippen molar-refractivity contribution in [1.29, 1.82) is 0 Å². The standard InChI is InChI=1S/C24H20FNO5S/c25-20-6-4-16(15-2-1-3-19(11-15)32(26,28)29)10-17(20)12-23(27)24(8-9-24)18-5-7-21-22(13-18)31-14-30-21/h1-7,10-11,13H,8-9,12,14H2,(H2,26,28,29). The molecule has 3 aromatic rings. The Hall–Kier alpha value is -3.23. The minimum Gasteiger partial charge on any atom is -0.454 e. The molecular weight excluding hydrogens is 433 g/mol. The predicted octanol–water partition coefficient (Wildman–Crippen LogP) is 3.71. The summed E-state index contributed by atoms with van der Waals surface area (Å²) in [5, 5.41) is 5.22. The molecule has 1 saturated carbocycles. The monoisotopic (exact) mass is 453 g/mol. The van der Waals surface area contributed by atoms with Gasteiger partial charge in [-0.25, -0.2) is 17.9 Å². The molecule has 0 radical (unpaired) electrons. The molecule has 164 valence electrons. The maximum atomic E-state index is 14.6. The van der Waals surface area contributed by atoms with Crippen molar-refractivity contribution in [2.24, 2.45) is 5.14 Å². The zero-order valence-electron chi connectivity index (χ0n) is 17.0. The zero-order valence-corrected chi connectivity index (χ0v) is 17.8.